The molecule has 0 bridgehead atoms. The highest BCUT2D eigenvalue weighted by molar-refractivity contribution is 5.79. The number of hydrogen-bond acceptors (Lipinski definition) is 4. The van der Waals surface area contributed by atoms with Crippen LogP contribution in [0.2, 0.25) is 0 Å². The van der Waals surface area contributed by atoms with Crippen LogP contribution in [0.4, 0.5) is 8.78 Å². The summed E-state index contributed by atoms with van der Waals surface area (Å²) in [5.41, 5.74) is 0.540. The molecule has 0 radical (unpaired) electrons. The van der Waals surface area contributed by atoms with Crippen molar-refractivity contribution >= 4 is 5.96 Å². The van der Waals surface area contributed by atoms with Gasteiger partial charge in [0, 0.05) is 31.3 Å². The van der Waals surface area contributed by atoms with Crippen LogP contribution in [-0.2, 0) is 11.3 Å². The minimum absolute atomic E-state index is 0.0539. The zero-order valence-corrected chi connectivity index (χ0v) is 14.3. The Balaban J connectivity index is 2.79. The minimum Gasteiger partial charge on any atom is -0.497 e. The zero-order chi connectivity index (χ0) is 17.8. The first-order valence-corrected chi connectivity index (χ1v) is 7.82. The van der Waals surface area contributed by atoms with Gasteiger partial charge in [-0.3, -0.25) is 0 Å². The lowest BCUT2D eigenvalue weighted by atomic mass is 10.2. The molecule has 0 unspecified atom stereocenters. The topological polar surface area (TPSA) is 64.1 Å². The number of rotatable bonds is 10. The Bertz CT molecular complexity index is 513. The number of hydrogen-bond donors (Lipinski definition) is 2. The smallest absolute Gasteiger partial charge is 0.387 e. The lowest BCUT2D eigenvalue weighted by Crippen LogP contribution is -2.39. The van der Waals surface area contributed by atoms with Crippen molar-refractivity contribution in [3.63, 3.8) is 0 Å². The Labute approximate surface area is 141 Å². The van der Waals surface area contributed by atoms with Gasteiger partial charge in [-0.15, -0.1) is 0 Å². The van der Waals surface area contributed by atoms with Crippen LogP contribution in [0.1, 0.15) is 19.4 Å². The van der Waals surface area contributed by atoms with Gasteiger partial charge >= 0.3 is 6.61 Å². The van der Waals surface area contributed by atoms with Gasteiger partial charge in [-0.1, -0.05) is 0 Å². The minimum atomic E-state index is -2.91. The lowest BCUT2D eigenvalue weighted by molar-refractivity contribution is -0.0505. The predicted octanol–water partition coefficient (Wildman–Crippen LogP) is 2.39. The van der Waals surface area contributed by atoms with E-state index in [1.807, 2.05) is 13.8 Å². The SMILES string of the molecule is CCNC(=NCc1ccc(OC)cc1OC(F)F)NCCOCC. The molecule has 1 aromatic rings. The Kier molecular flexibility index (Phi) is 9.52. The van der Waals surface area contributed by atoms with Gasteiger partial charge in [0.2, 0.25) is 0 Å². The summed E-state index contributed by atoms with van der Waals surface area (Å²) in [4.78, 5) is 4.38. The van der Waals surface area contributed by atoms with Gasteiger partial charge < -0.3 is 24.8 Å². The molecule has 0 aliphatic carbocycles. The fourth-order valence-electron chi connectivity index (χ4n) is 1.89. The Morgan fingerprint density at radius 1 is 1.25 bits per heavy atom. The molecule has 0 aliphatic heterocycles. The number of halogens is 2. The maximum absolute atomic E-state index is 12.6. The van der Waals surface area contributed by atoms with E-state index in [1.165, 1.54) is 13.2 Å². The molecule has 6 nitrogen and oxygen atoms in total. The van der Waals surface area contributed by atoms with Crippen LogP contribution in [0.3, 0.4) is 0 Å². The van der Waals surface area contributed by atoms with E-state index in [4.69, 9.17) is 9.47 Å². The highest BCUT2D eigenvalue weighted by atomic mass is 19.3. The lowest BCUT2D eigenvalue weighted by Gasteiger charge is -2.13. The van der Waals surface area contributed by atoms with Crippen molar-refractivity contribution in [3.8, 4) is 11.5 Å². The molecule has 0 amide bonds. The first-order valence-electron chi connectivity index (χ1n) is 7.82. The van der Waals surface area contributed by atoms with Crippen molar-refractivity contribution in [2.75, 3.05) is 33.4 Å². The molecule has 0 fully saturated rings. The summed E-state index contributed by atoms with van der Waals surface area (Å²) in [6, 6.07) is 4.76. The molecular weight excluding hydrogens is 320 g/mol. The third kappa shape index (κ3) is 7.45. The molecule has 0 saturated heterocycles. The molecule has 0 atom stereocenters. The molecule has 24 heavy (non-hydrogen) atoms. The molecule has 0 spiro atoms. The molecule has 8 heteroatoms. The van der Waals surface area contributed by atoms with E-state index in [0.29, 0.717) is 43.6 Å². The van der Waals surface area contributed by atoms with Crippen LogP contribution in [-0.4, -0.2) is 46.0 Å². The Morgan fingerprint density at radius 2 is 2.04 bits per heavy atom. The number of methoxy groups -OCH3 is 1. The second-order valence-corrected chi connectivity index (χ2v) is 4.67. The highest BCUT2D eigenvalue weighted by Crippen LogP contribution is 2.27. The van der Waals surface area contributed by atoms with Gasteiger partial charge in [0.05, 0.1) is 20.3 Å². The summed E-state index contributed by atoms with van der Waals surface area (Å²) in [7, 11) is 1.46. The maximum atomic E-state index is 12.6. The van der Waals surface area contributed by atoms with E-state index < -0.39 is 6.61 Å². The Hall–Kier alpha value is -2.09. The van der Waals surface area contributed by atoms with Gasteiger partial charge in [-0.05, 0) is 26.0 Å². The van der Waals surface area contributed by atoms with E-state index in [2.05, 4.69) is 20.4 Å². The van der Waals surface area contributed by atoms with Crippen LogP contribution in [0, 0.1) is 0 Å². The van der Waals surface area contributed by atoms with Crippen molar-refractivity contribution in [2.45, 2.75) is 27.0 Å². The normalized spacial score (nSPS) is 11.5. The number of alkyl halides is 2. The van der Waals surface area contributed by atoms with Crippen molar-refractivity contribution in [2.24, 2.45) is 4.99 Å². The average Bonchev–Trinajstić information content (AvgIpc) is 2.56. The first kappa shape index (κ1) is 20.0. The monoisotopic (exact) mass is 345 g/mol. The summed E-state index contributed by atoms with van der Waals surface area (Å²) in [5, 5.41) is 6.19. The van der Waals surface area contributed by atoms with Gasteiger partial charge in [-0.2, -0.15) is 8.78 Å². The number of ether oxygens (including phenoxy) is 3. The summed E-state index contributed by atoms with van der Waals surface area (Å²) < 4.78 is 39.9. The highest BCUT2D eigenvalue weighted by Gasteiger charge is 2.11. The van der Waals surface area contributed by atoms with E-state index >= 15 is 0 Å². The van der Waals surface area contributed by atoms with Crippen molar-refractivity contribution in [1.82, 2.24) is 10.6 Å². The second kappa shape index (κ2) is 11.4. The molecule has 136 valence electrons. The molecule has 2 N–H and O–H groups in total. The predicted molar refractivity (Wildman–Crippen MR) is 88.9 cm³/mol. The van der Waals surface area contributed by atoms with E-state index in [0.717, 1.165) is 0 Å². The molecule has 0 heterocycles. The Morgan fingerprint density at radius 3 is 2.67 bits per heavy atom. The van der Waals surface area contributed by atoms with Gasteiger partial charge in [-0.25, -0.2) is 4.99 Å². The molecule has 0 aliphatic rings. The molecule has 1 aromatic carbocycles. The fourth-order valence-corrected chi connectivity index (χ4v) is 1.89. The molecule has 0 saturated carbocycles. The third-order valence-corrected chi connectivity index (χ3v) is 2.99. The fraction of sp³-hybridized carbons (Fsp3) is 0.562. The quantitative estimate of drug-likeness (QED) is 0.387. The summed E-state index contributed by atoms with van der Waals surface area (Å²) >= 11 is 0. The van der Waals surface area contributed by atoms with Crippen molar-refractivity contribution in [1.29, 1.82) is 0 Å². The van der Waals surface area contributed by atoms with Crippen molar-refractivity contribution in [3.05, 3.63) is 23.8 Å². The second-order valence-electron chi connectivity index (χ2n) is 4.67. The van der Waals surface area contributed by atoms with Crippen LogP contribution in [0.15, 0.2) is 23.2 Å². The van der Waals surface area contributed by atoms with Crippen LogP contribution < -0.4 is 20.1 Å². The van der Waals surface area contributed by atoms with Crippen molar-refractivity contribution < 1.29 is 23.0 Å². The van der Waals surface area contributed by atoms with Gasteiger partial charge in [0.1, 0.15) is 11.5 Å². The summed E-state index contributed by atoms with van der Waals surface area (Å²) in [5.74, 6) is 1.08. The van der Waals surface area contributed by atoms with Crippen LogP contribution in [0.5, 0.6) is 11.5 Å². The standard InChI is InChI=1S/C16H25F2N3O3/c1-4-19-16(20-8-9-23-5-2)21-11-12-6-7-13(22-3)10-14(12)24-15(17)18/h6-7,10,15H,4-5,8-9,11H2,1-3H3,(H2,19,20,21). The molecular formula is C16H25F2N3O3. The van der Waals surface area contributed by atoms with E-state index in [-0.39, 0.29) is 12.3 Å². The maximum Gasteiger partial charge on any atom is 0.387 e. The van der Waals surface area contributed by atoms with Crippen LogP contribution >= 0.6 is 0 Å². The summed E-state index contributed by atoms with van der Waals surface area (Å²) in [6.07, 6.45) is 0. The zero-order valence-electron chi connectivity index (χ0n) is 14.3. The van der Waals surface area contributed by atoms with Gasteiger partial charge in [0.25, 0.3) is 0 Å². The molecule has 0 aromatic heterocycles. The van der Waals surface area contributed by atoms with E-state index in [9.17, 15) is 8.78 Å². The number of guanidine groups is 1. The van der Waals surface area contributed by atoms with E-state index in [1.54, 1.807) is 12.1 Å². The first-order chi connectivity index (χ1) is 11.6. The number of nitrogens with zero attached hydrogens (tertiary/aromatic N) is 1. The number of benzene rings is 1. The third-order valence-electron chi connectivity index (χ3n) is 2.99. The molecule has 1 rings (SSSR count). The number of nitrogens with one attached hydrogen (secondary N) is 2. The van der Waals surface area contributed by atoms with Crippen LogP contribution in [0.25, 0.3) is 0 Å². The number of aliphatic imine (C=N–C) groups is 1. The van der Waals surface area contributed by atoms with Gasteiger partial charge in [0.15, 0.2) is 5.96 Å². The largest absolute Gasteiger partial charge is 0.497 e. The average molecular weight is 345 g/mol. The summed E-state index contributed by atoms with van der Waals surface area (Å²) in [6.45, 7) is 3.64.